The van der Waals surface area contributed by atoms with E-state index in [4.69, 9.17) is 4.74 Å². The Morgan fingerprint density at radius 3 is 2.07 bits per heavy atom. The zero-order valence-electron chi connectivity index (χ0n) is 10.6. The SMILES string of the molecule is COC(C)(C)C/C(C)=N\NC(C)(C)C. The second-order valence-corrected chi connectivity index (χ2v) is 5.35. The number of hydrazone groups is 1. The molecule has 0 amide bonds. The van der Waals surface area contributed by atoms with Crippen LogP contribution in [-0.4, -0.2) is 24.0 Å². The van der Waals surface area contributed by atoms with Crippen LogP contribution in [0.4, 0.5) is 0 Å². The third kappa shape index (κ3) is 6.89. The molecule has 1 N–H and O–H groups in total. The smallest absolute Gasteiger partial charge is 0.0675 e. The molecular formula is C11H24N2O. The Kier molecular flexibility index (Phi) is 4.59. The topological polar surface area (TPSA) is 33.6 Å². The normalized spacial score (nSPS) is 14.4. The summed E-state index contributed by atoms with van der Waals surface area (Å²) in [5, 5.41) is 4.32. The minimum Gasteiger partial charge on any atom is -0.378 e. The van der Waals surface area contributed by atoms with E-state index in [1.165, 1.54) is 0 Å². The van der Waals surface area contributed by atoms with Crippen LogP contribution in [0.3, 0.4) is 0 Å². The van der Waals surface area contributed by atoms with Crippen LogP contribution in [0, 0.1) is 0 Å². The van der Waals surface area contributed by atoms with Crippen LogP contribution >= 0.6 is 0 Å². The first-order valence-corrected chi connectivity index (χ1v) is 5.02. The highest BCUT2D eigenvalue weighted by Gasteiger charge is 2.17. The Balaban J connectivity index is 4.15. The molecule has 0 aromatic carbocycles. The fraction of sp³-hybridized carbons (Fsp3) is 0.909. The van der Waals surface area contributed by atoms with Gasteiger partial charge in [-0.15, -0.1) is 0 Å². The summed E-state index contributed by atoms with van der Waals surface area (Å²) in [6, 6.07) is 0. The van der Waals surface area contributed by atoms with Gasteiger partial charge in [0, 0.05) is 24.8 Å². The van der Waals surface area contributed by atoms with Gasteiger partial charge < -0.3 is 10.2 Å². The standard InChI is InChI=1S/C11H24N2O/c1-9(8-11(5,6)14-7)12-13-10(2,3)4/h13H,8H2,1-7H3/b12-9-. The van der Waals surface area contributed by atoms with Gasteiger partial charge in [0.15, 0.2) is 0 Å². The number of hydrogen-bond acceptors (Lipinski definition) is 3. The largest absolute Gasteiger partial charge is 0.378 e. The van der Waals surface area contributed by atoms with E-state index in [2.05, 4.69) is 45.1 Å². The predicted octanol–water partition coefficient (Wildman–Crippen LogP) is 2.57. The van der Waals surface area contributed by atoms with Crippen molar-refractivity contribution in [3.05, 3.63) is 0 Å². The molecule has 0 rings (SSSR count). The Labute approximate surface area is 87.9 Å². The molecule has 0 unspecified atom stereocenters. The molecule has 0 saturated heterocycles. The monoisotopic (exact) mass is 200 g/mol. The van der Waals surface area contributed by atoms with Gasteiger partial charge in [0.2, 0.25) is 0 Å². The van der Waals surface area contributed by atoms with E-state index in [0.29, 0.717) is 0 Å². The molecule has 0 aromatic heterocycles. The fourth-order valence-electron chi connectivity index (χ4n) is 0.991. The molecular weight excluding hydrogens is 176 g/mol. The molecule has 0 radical (unpaired) electrons. The quantitative estimate of drug-likeness (QED) is 0.559. The van der Waals surface area contributed by atoms with Crippen LogP contribution in [0.15, 0.2) is 5.10 Å². The molecule has 0 aliphatic carbocycles. The van der Waals surface area contributed by atoms with Crippen LogP contribution in [0.2, 0.25) is 0 Å². The molecule has 0 bridgehead atoms. The summed E-state index contributed by atoms with van der Waals surface area (Å²) in [5.74, 6) is 0. The van der Waals surface area contributed by atoms with Gasteiger partial charge in [0.25, 0.3) is 0 Å². The van der Waals surface area contributed by atoms with Gasteiger partial charge in [0.05, 0.1) is 5.60 Å². The van der Waals surface area contributed by atoms with Crippen LogP contribution in [0.25, 0.3) is 0 Å². The van der Waals surface area contributed by atoms with Gasteiger partial charge in [-0.25, -0.2) is 0 Å². The maximum absolute atomic E-state index is 5.33. The lowest BCUT2D eigenvalue weighted by molar-refractivity contribution is 0.0290. The van der Waals surface area contributed by atoms with Gasteiger partial charge in [0.1, 0.15) is 0 Å². The summed E-state index contributed by atoms with van der Waals surface area (Å²) in [7, 11) is 1.73. The lowest BCUT2D eigenvalue weighted by atomic mass is 10.0. The van der Waals surface area contributed by atoms with Gasteiger partial charge in [-0.3, -0.25) is 0 Å². The second-order valence-electron chi connectivity index (χ2n) is 5.35. The molecule has 0 fully saturated rings. The Bertz CT molecular complexity index is 202. The minimum atomic E-state index is -0.132. The molecule has 0 saturated carbocycles. The van der Waals surface area contributed by atoms with Crippen LogP contribution in [0.1, 0.15) is 48.0 Å². The van der Waals surface area contributed by atoms with E-state index < -0.39 is 0 Å². The number of ether oxygens (including phenoxy) is 1. The first kappa shape index (κ1) is 13.4. The molecule has 3 nitrogen and oxygen atoms in total. The van der Waals surface area contributed by atoms with E-state index >= 15 is 0 Å². The Morgan fingerprint density at radius 2 is 1.71 bits per heavy atom. The molecule has 0 aliphatic heterocycles. The third-order valence-electron chi connectivity index (χ3n) is 1.82. The zero-order chi connectivity index (χ0) is 11.4. The van der Waals surface area contributed by atoms with E-state index in [0.717, 1.165) is 12.1 Å². The summed E-state index contributed by atoms with van der Waals surface area (Å²) in [6.07, 6.45) is 0.840. The summed E-state index contributed by atoms with van der Waals surface area (Å²) in [5.41, 5.74) is 4.06. The Morgan fingerprint density at radius 1 is 1.21 bits per heavy atom. The molecule has 0 aliphatic rings. The van der Waals surface area contributed by atoms with Crippen molar-refractivity contribution in [2.45, 2.75) is 59.1 Å². The molecule has 0 heterocycles. The van der Waals surface area contributed by atoms with E-state index in [-0.39, 0.29) is 11.1 Å². The van der Waals surface area contributed by atoms with Gasteiger partial charge >= 0.3 is 0 Å². The predicted molar refractivity (Wildman–Crippen MR) is 61.7 cm³/mol. The van der Waals surface area contributed by atoms with Crippen molar-refractivity contribution in [3.63, 3.8) is 0 Å². The zero-order valence-corrected chi connectivity index (χ0v) is 10.6. The number of methoxy groups -OCH3 is 1. The summed E-state index contributed by atoms with van der Waals surface area (Å²) in [6.45, 7) is 12.4. The van der Waals surface area contributed by atoms with Gasteiger partial charge in [-0.05, 0) is 41.5 Å². The average Bonchev–Trinajstić information content (AvgIpc) is 1.99. The van der Waals surface area contributed by atoms with Crippen molar-refractivity contribution in [2.24, 2.45) is 5.10 Å². The van der Waals surface area contributed by atoms with Crippen molar-refractivity contribution >= 4 is 5.71 Å². The minimum absolute atomic E-state index is 0.0263. The van der Waals surface area contributed by atoms with Gasteiger partial charge in [-0.1, -0.05) is 0 Å². The molecule has 0 atom stereocenters. The fourth-order valence-corrected chi connectivity index (χ4v) is 0.991. The summed E-state index contributed by atoms with van der Waals surface area (Å²) >= 11 is 0. The first-order valence-electron chi connectivity index (χ1n) is 5.02. The molecule has 0 aromatic rings. The van der Waals surface area contributed by atoms with E-state index in [9.17, 15) is 0 Å². The van der Waals surface area contributed by atoms with Gasteiger partial charge in [-0.2, -0.15) is 5.10 Å². The Hall–Kier alpha value is -0.570. The molecule has 0 spiro atoms. The van der Waals surface area contributed by atoms with Crippen molar-refractivity contribution < 1.29 is 4.74 Å². The van der Waals surface area contributed by atoms with E-state index in [1.807, 2.05) is 6.92 Å². The van der Waals surface area contributed by atoms with Crippen molar-refractivity contribution in [1.82, 2.24) is 5.43 Å². The molecule has 3 heteroatoms. The maximum Gasteiger partial charge on any atom is 0.0675 e. The number of nitrogens with one attached hydrogen (secondary N) is 1. The number of rotatable bonds is 4. The maximum atomic E-state index is 5.33. The highest BCUT2D eigenvalue weighted by molar-refractivity contribution is 5.82. The first-order chi connectivity index (χ1) is 6.16. The number of nitrogens with zero attached hydrogens (tertiary/aromatic N) is 1. The summed E-state index contributed by atoms with van der Waals surface area (Å²) < 4.78 is 5.33. The highest BCUT2D eigenvalue weighted by Crippen LogP contribution is 2.13. The van der Waals surface area contributed by atoms with Crippen LogP contribution in [0.5, 0.6) is 0 Å². The van der Waals surface area contributed by atoms with Crippen molar-refractivity contribution in [1.29, 1.82) is 0 Å². The van der Waals surface area contributed by atoms with Crippen molar-refractivity contribution in [2.75, 3.05) is 7.11 Å². The average molecular weight is 200 g/mol. The highest BCUT2D eigenvalue weighted by atomic mass is 16.5. The van der Waals surface area contributed by atoms with Crippen molar-refractivity contribution in [3.8, 4) is 0 Å². The van der Waals surface area contributed by atoms with Crippen LogP contribution in [-0.2, 0) is 4.74 Å². The lowest BCUT2D eigenvalue weighted by Crippen LogP contribution is -2.33. The third-order valence-corrected chi connectivity index (χ3v) is 1.82. The van der Waals surface area contributed by atoms with E-state index in [1.54, 1.807) is 7.11 Å². The molecule has 14 heavy (non-hydrogen) atoms. The van der Waals surface area contributed by atoms with Crippen LogP contribution < -0.4 is 5.43 Å². The second kappa shape index (κ2) is 4.78. The number of hydrogen-bond donors (Lipinski definition) is 1. The lowest BCUT2D eigenvalue weighted by Gasteiger charge is -2.24. The molecule has 84 valence electrons. The summed E-state index contributed by atoms with van der Waals surface area (Å²) in [4.78, 5) is 0.